The van der Waals surface area contributed by atoms with Crippen LogP contribution in [0.25, 0.3) is 0 Å². The van der Waals surface area contributed by atoms with Gasteiger partial charge >= 0.3 is 0 Å². The third-order valence-corrected chi connectivity index (χ3v) is 3.68. The Labute approximate surface area is 112 Å². The van der Waals surface area contributed by atoms with Crippen molar-refractivity contribution in [3.05, 3.63) is 0 Å². The first-order valence-electron chi connectivity index (χ1n) is 6.60. The second kappa shape index (κ2) is 4.36. The molecule has 110 valence electrons. The third kappa shape index (κ3) is 2.40. The summed E-state index contributed by atoms with van der Waals surface area (Å²) in [5, 5.41) is 0. The molecule has 3 N–H and O–H groups in total. The molecule has 19 heavy (non-hydrogen) atoms. The summed E-state index contributed by atoms with van der Waals surface area (Å²) in [5.41, 5.74) is 2.76. The normalized spacial score (nSPS) is 47.5. The molecule has 0 aliphatic carbocycles. The van der Waals surface area contributed by atoms with Gasteiger partial charge in [0.15, 0.2) is 17.9 Å². The van der Waals surface area contributed by atoms with E-state index in [9.17, 15) is 0 Å². The van der Waals surface area contributed by atoms with E-state index in [-0.39, 0.29) is 24.4 Å². The highest BCUT2D eigenvalue weighted by atomic mass is 16.8. The zero-order valence-corrected chi connectivity index (χ0v) is 11.7. The summed E-state index contributed by atoms with van der Waals surface area (Å²) in [5.74, 6) is 4.40. The van der Waals surface area contributed by atoms with Gasteiger partial charge in [-0.2, -0.15) is 0 Å². The van der Waals surface area contributed by atoms with E-state index in [1.54, 1.807) is 0 Å². The Hall–Kier alpha value is -0.280. The summed E-state index contributed by atoms with van der Waals surface area (Å²) >= 11 is 0. The lowest BCUT2D eigenvalue weighted by molar-refractivity contribution is -0.223. The molecule has 5 atom stereocenters. The van der Waals surface area contributed by atoms with Gasteiger partial charge in [-0.05, 0) is 27.7 Å². The van der Waals surface area contributed by atoms with Gasteiger partial charge in [-0.3, -0.25) is 11.3 Å². The van der Waals surface area contributed by atoms with E-state index in [1.165, 1.54) is 0 Å². The van der Waals surface area contributed by atoms with Crippen molar-refractivity contribution in [3.63, 3.8) is 0 Å². The average Bonchev–Trinajstić information content (AvgIpc) is 2.87. The fraction of sp³-hybridized carbons (Fsp3) is 1.00. The molecule has 0 aromatic carbocycles. The van der Waals surface area contributed by atoms with E-state index >= 15 is 0 Å². The van der Waals surface area contributed by atoms with Crippen LogP contribution in [0.5, 0.6) is 0 Å². The van der Waals surface area contributed by atoms with E-state index in [0.717, 1.165) is 0 Å². The monoisotopic (exact) mass is 274 g/mol. The van der Waals surface area contributed by atoms with Crippen molar-refractivity contribution in [2.45, 2.75) is 69.9 Å². The highest BCUT2D eigenvalue weighted by molar-refractivity contribution is 5.00. The van der Waals surface area contributed by atoms with Crippen molar-refractivity contribution in [1.29, 1.82) is 0 Å². The summed E-state index contributed by atoms with van der Waals surface area (Å²) < 4.78 is 28.8. The van der Waals surface area contributed by atoms with Gasteiger partial charge in [-0.15, -0.1) is 0 Å². The first kappa shape index (κ1) is 13.7. The minimum Gasteiger partial charge on any atom is -0.348 e. The molecule has 3 aliphatic rings. The third-order valence-electron chi connectivity index (χ3n) is 3.68. The van der Waals surface area contributed by atoms with Gasteiger partial charge in [0.25, 0.3) is 0 Å². The van der Waals surface area contributed by atoms with Crippen LogP contribution in [-0.2, 0) is 23.7 Å². The number of ether oxygens (including phenoxy) is 5. The van der Waals surface area contributed by atoms with E-state index in [4.69, 9.17) is 29.5 Å². The fourth-order valence-electron chi connectivity index (χ4n) is 2.92. The molecule has 0 amide bonds. The highest BCUT2D eigenvalue weighted by Crippen LogP contribution is 2.40. The van der Waals surface area contributed by atoms with Crippen LogP contribution in [0.2, 0.25) is 0 Å². The first-order chi connectivity index (χ1) is 8.81. The highest BCUT2D eigenvalue weighted by Gasteiger charge is 2.57. The molecule has 3 heterocycles. The summed E-state index contributed by atoms with van der Waals surface area (Å²) in [6, 6.07) is -0.186. The average molecular weight is 274 g/mol. The molecule has 0 radical (unpaired) electrons. The van der Waals surface area contributed by atoms with Crippen molar-refractivity contribution in [3.8, 4) is 0 Å². The standard InChI is InChI=1S/C12H22N2O5/c1-11(2)15-5-6(17-11)8-7(14-13)9-10(16-8)19-12(3,4)18-9/h6-10,14H,5,13H2,1-4H3/t6-,7+,8+,9-,10+/m1/s1. The van der Waals surface area contributed by atoms with Crippen molar-refractivity contribution >= 4 is 0 Å². The molecule has 3 aliphatic heterocycles. The largest absolute Gasteiger partial charge is 0.348 e. The Kier molecular flexibility index (Phi) is 3.14. The quantitative estimate of drug-likeness (QED) is 0.535. The predicted molar refractivity (Wildman–Crippen MR) is 64.7 cm³/mol. The minimum absolute atomic E-state index is 0.183. The van der Waals surface area contributed by atoms with Crippen molar-refractivity contribution in [1.82, 2.24) is 5.43 Å². The zero-order valence-electron chi connectivity index (χ0n) is 11.7. The number of nitrogens with one attached hydrogen (secondary N) is 1. The number of rotatable bonds is 2. The lowest BCUT2D eigenvalue weighted by Crippen LogP contribution is -2.53. The molecule has 0 spiro atoms. The Morgan fingerprint density at radius 3 is 2.32 bits per heavy atom. The van der Waals surface area contributed by atoms with E-state index < -0.39 is 17.9 Å². The van der Waals surface area contributed by atoms with E-state index in [2.05, 4.69) is 5.43 Å². The summed E-state index contributed by atoms with van der Waals surface area (Å²) in [4.78, 5) is 0. The number of hydrazine groups is 1. The summed E-state index contributed by atoms with van der Waals surface area (Å²) in [6.07, 6.45) is -1.10. The van der Waals surface area contributed by atoms with Crippen LogP contribution >= 0.6 is 0 Å². The maximum atomic E-state index is 5.91. The van der Waals surface area contributed by atoms with Crippen molar-refractivity contribution in [2.24, 2.45) is 5.84 Å². The molecule has 0 saturated carbocycles. The molecule has 7 nitrogen and oxygen atoms in total. The van der Waals surface area contributed by atoms with Crippen LogP contribution in [0.4, 0.5) is 0 Å². The lowest BCUT2D eigenvalue weighted by atomic mass is 10.0. The molecule has 0 aromatic heterocycles. The Morgan fingerprint density at radius 2 is 1.74 bits per heavy atom. The summed E-state index contributed by atoms with van der Waals surface area (Å²) in [6.45, 7) is 7.94. The maximum absolute atomic E-state index is 5.91. The Bertz CT molecular complexity index is 362. The second-order valence-corrected chi connectivity index (χ2v) is 6.13. The first-order valence-corrected chi connectivity index (χ1v) is 6.60. The maximum Gasteiger partial charge on any atom is 0.189 e. The molecular formula is C12H22N2O5. The van der Waals surface area contributed by atoms with Gasteiger partial charge in [-0.25, -0.2) is 0 Å². The predicted octanol–water partition coefficient (Wildman–Crippen LogP) is -0.154. The number of hydrogen-bond donors (Lipinski definition) is 2. The van der Waals surface area contributed by atoms with Crippen molar-refractivity contribution in [2.75, 3.05) is 6.61 Å². The number of nitrogens with two attached hydrogens (primary N) is 1. The van der Waals surface area contributed by atoms with E-state index in [0.29, 0.717) is 6.61 Å². The van der Waals surface area contributed by atoms with E-state index in [1.807, 2.05) is 27.7 Å². The van der Waals surface area contributed by atoms with Crippen molar-refractivity contribution < 1.29 is 23.7 Å². The van der Waals surface area contributed by atoms with Crippen LogP contribution in [0.15, 0.2) is 0 Å². The van der Waals surface area contributed by atoms with Gasteiger partial charge in [-0.1, -0.05) is 0 Å². The molecular weight excluding hydrogens is 252 g/mol. The van der Waals surface area contributed by atoms with Gasteiger partial charge in [0, 0.05) is 0 Å². The molecule has 0 bridgehead atoms. The molecule has 7 heteroatoms. The molecule has 3 fully saturated rings. The van der Waals surface area contributed by atoms with Crippen LogP contribution in [-0.4, -0.2) is 48.8 Å². The SMILES string of the molecule is CC1(C)O[C@@H]2O[C@@H]([C@H]3COC(C)(C)O3)[C@H](NN)[C@H]2O1. The number of hydrogen-bond acceptors (Lipinski definition) is 7. The molecule has 3 saturated heterocycles. The number of fused-ring (bicyclic) bond motifs is 1. The Morgan fingerprint density at radius 1 is 1.00 bits per heavy atom. The second-order valence-electron chi connectivity index (χ2n) is 6.13. The Balaban J connectivity index is 1.72. The lowest BCUT2D eigenvalue weighted by Gasteiger charge is -2.28. The smallest absolute Gasteiger partial charge is 0.189 e. The molecule has 0 unspecified atom stereocenters. The van der Waals surface area contributed by atoms with Crippen LogP contribution in [0.3, 0.4) is 0 Å². The van der Waals surface area contributed by atoms with Gasteiger partial charge in [0.05, 0.1) is 12.6 Å². The molecule has 0 aromatic rings. The molecule has 3 rings (SSSR count). The van der Waals surface area contributed by atoms with Gasteiger partial charge in [0.2, 0.25) is 0 Å². The zero-order chi connectivity index (χ0) is 13.8. The van der Waals surface area contributed by atoms with Gasteiger partial charge in [0.1, 0.15) is 18.3 Å². The topological polar surface area (TPSA) is 84.2 Å². The van der Waals surface area contributed by atoms with Crippen LogP contribution < -0.4 is 11.3 Å². The van der Waals surface area contributed by atoms with Gasteiger partial charge < -0.3 is 23.7 Å². The summed E-state index contributed by atoms with van der Waals surface area (Å²) in [7, 11) is 0. The fourth-order valence-corrected chi connectivity index (χ4v) is 2.92. The van der Waals surface area contributed by atoms with Crippen LogP contribution in [0.1, 0.15) is 27.7 Å². The minimum atomic E-state index is -0.651. The van der Waals surface area contributed by atoms with Crippen LogP contribution in [0, 0.1) is 0 Å².